The molecular weight excluding hydrogens is 296 g/mol. The van der Waals surface area contributed by atoms with E-state index in [9.17, 15) is 9.59 Å². The Labute approximate surface area is 136 Å². The number of methoxy groups -OCH3 is 3. The van der Waals surface area contributed by atoms with Crippen molar-refractivity contribution in [1.29, 1.82) is 0 Å². The first kappa shape index (κ1) is 20.3. The molecule has 2 aromatic rings. The molecule has 0 radical (unpaired) electrons. The van der Waals surface area contributed by atoms with E-state index in [2.05, 4.69) is 14.2 Å². The third-order valence-electron chi connectivity index (χ3n) is 2.39. The molecule has 0 aliphatic heterocycles. The lowest BCUT2D eigenvalue weighted by Crippen LogP contribution is -1.99. The van der Waals surface area contributed by atoms with Crippen molar-refractivity contribution in [2.75, 3.05) is 28.4 Å². The Morgan fingerprint density at radius 3 is 1.09 bits per heavy atom. The molecule has 0 unspecified atom stereocenters. The molecular formula is C18H22O5. The van der Waals surface area contributed by atoms with Gasteiger partial charge in [0.25, 0.3) is 0 Å². The largest absolute Gasteiger partial charge is 0.465 e. The molecule has 0 spiro atoms. The molecule has 0 N–H and O–H groups in total. The average molecular weight is 318 g/mol. The second-order valence-corrected chi connectivity index (χ2v) is 4.12. The minimum absolute atomic E-state index is 0.291. The molecule has 0 saturated carbocycles. The Morgan fingerprint density at radius 2 is 0.870 bits per heavy atom. The molecule has 23 heavy (non-hydrogen) atoms. The SMILES string of the molecule is COC.COC(=O)c1ccccc1.COC(=O)c1ccccc1. The van der Waals surface area contributed by atoms with Crippen LogP contribution in [0.15, 0.2) is 60.7 Å². The topological polar surface area (TPSA) is 61.8 Å². The maximum atomic E-state index is 10.8. The first-order valence-corrected chi connectivity index (χ1v) is 6.77. The van der Waals surface area contributed by atoms with E-state index in [0.717, 1.165) is 0 Å². The normalized spacial score (nSPS) is 8.52. The lowest BCUT2D eigenvalue weighted by Gasteiger charge is -1.95. The predicted molar refractivity (Wildman–Crippen MR) is 88.5 cm³/mol. The van der Waals surface area contributed by atoms with Gasteiger partial charge in [-0.1, -0.05) is 36.4 Å². The summed E-state index contributed by atoms with van der Waals surface area (Å²) in [5.74, 6) is -0.582. The van der Waals surface area contributed by atoms with Crippen LogP contribution in [0.5, 0.6) is 0 Å². The van der Waals surface area contributed by atoms with Gasteiger partial charge in [-0.2, -0.15) is 0 Å². The molecule has 0 aliphatic rings. The van der Waals surface area contributed by atoms with Crippen LogP contribution < -0.4 is 0 Å². The molecule has 124 valence electrons. The van der Waals surface area contributed by atoms with E-state index in [4.69, 9.17) is 0 Å². The fourth-order valence-electron chi connectivity index (χ4n) is 1.38. The van der Waals surface area contributed by atoms with E-state index in [1.54, 1.807) is 62.8 Å². The molecule has 0 amide bonds. The molecule has 5 heteroatoms. The van der Waals surface area contributed by atoms with Gasteiger partial charge >= 0.3 is 11.9 Å². The van der Waals surface area contributed by atoms with Crippen LogP contribution in [0.25, 0.3) is 0 Å². The van der Waals surface area contributed by atoms with Crippen LogP contribution in [0.3, 0.4) is 0 Å². The van der Waals surface area contributed by atoms with Gasteiger partial charge in [0, 0.05) is 14.2 Å². The van der Waals surface area contributed by atoms with Crippen molar-refractivity contribution in [2.45, 2.75) is 0 Å². The Bertz CT molecular complexity index is 501. The van der Waals surface area contributed by atoms with Gasteiger partial charge in [0.1, 0.15) is 0 Å². The van der Waals surface area contributed by atoms with E-state index < -0.39 is 0 Å². The zero-order chi connectivity index (χ0) is 17.5. The first-order valence-electron chi connectivity index (χ1n) is 6.77. The van der Waals surface area contributed by atoms with E-state index in [-0.39, 0.29) is 11.9 Å². The monoisotopic (exact) mass is 318 g/mol. The van der Waals surface area contributed by atoms with Crippen molar-refractivity contribution < 1.29 is 23.8 Å². The number of benzene rings is 2. The second-order valence-electron chi connectivity index (χ2n) is 4.12. The van der Waals surface area contributed by atoms with Crippen LogP contribution in [0, 0.1) is 0 Å². The summed E-state index contributed by atoms with van der Waals surface area (Å²) in [6.45, 7) is 0. The van der Waals surface area contributed by atoms with E-state index >= 15 is 0 Å². The van der Waals surface area contributed by atoms with Crippen molar-refractivity contribution >= 4 is 11.9 Å². The van der Waals surface area contributed by atoms with Crippen molar-refractivity contribution in [1.82, 2.24) is 0 Å². The molecule has 2 rings (SSSR count). The summed E-state index contributed by atoms with van der Waals surface area (Å²) in [7, 11) is 5.99. The third kappa shape index (κ3) is 9.06. The smallest absolute Gasteiger partial charge is 0.337 e. The van der Waals surface area contributed by atoms with Crippen molar-refractivity contribution in [3.8, 4) is 0 Å². The molecule has 0 aliphatic carbocycles. The number of hydrogen-bond acceptors (Lipinski definition) is 5. The third-order valence-corrected chi connectivity index (χ3v) is 2.39. The highest BCUT2D eigenvalue weighted by Gasteiger charge is 2.01. The van der Waals surface area contributed by atoms with E-state index in [0.29, 0.717) is 11.1 Å². The van der Waals surface area contributed by atoms with Gasteiger partial charge in [-0.25, -0.2) is 9.59 Å². The maximum Gasteiger partial charge on any atom is 0.337 e. The summed E-state index contributed by atoms with van der Waals surface area (Å²) in [6, 6.07) is 17.8. The Hall–Kier alpha value is -2.66. The lowest BCUT2D eigenvalue weighted by atomic mass is 10.2. The maximum absolute atomic E-state index is 10.8. The Kier molecular flexibility index (Phi) is 11.5. The standard InChI is InChI=1S/2C8H8O2.C2H6O/c2*1-10-8(9)7-5-3-2-4-6-7;1-3-2/h2*2-6H,1H3;1-2H3. The number of carbonyl (C=O) groups excluding carboxylic acids is 2. The summed E-state index contributed by atoms with van der Waals surface area (Å²) >= 11 is 0. The molecule has 0 atom stereocenters. The molecule has 0 aromatic heterocycles. The van der Waals surface area contributed by atoms with Crippen LogP contribution >= 0.6 is 0 Å². The zero-order valence-corrected chi connectivity index (χ0v) is 13.8. The van der Waals surface area contributed by atoms with Gasteiger partial charge in [0.05, 0.1) is 25.3 Å². The number of rotatable bonds is 2. The summed E-state index contributed by atoms with van der Waals surface area (Å²) in [5, 5.41) is 0. The highest BCUT2D eigenvalue weighted by Crippen LogP contribution is 1.99. The number of ether oxygens (including phenoxy) is 3. The van der Waals surface area contributed by atoms with Gasteiger partial charge in [-0.05, 0) is 24.3 Å². The van der Waals surface area contributed by atoms with E-state index in [1.165, 1.54) is 14.2 Å². The quantitative estimate of drug-likeness (QED) is 0.796. The molecule has 0 saturated heterocycles. The van der Waals surface area contributed by atoms with E-state index in [1.807, 2.05) is 12.1 Å². The van der Waals surface area contributed by atoms with Crippen LogP contribution in [0.1, 0.15) is 20.7 Å². The van der Waals surface area contributed by atoms with Crippen molar-refractivity contribution in [3.05, 3.63) is 71.8 Å². The number of hydrogen-bond donors (Lipinski definition) is 0. The summed E-state index contributed by atoms with van der Waals surface area (Å²) < 4.78 is 13.2. The summed E-state index contributed by atoms with van der Waals surface area (Å²) in [4.78, 5) is 21.6. The zero-order valence-electron chi connectivity index (χ0n) is 13.8. The van der Waals surface area contributed by atoms with Crippen molar-refractivity contribution in [3.63, 3.8) is 0 Å². The van der Waals surface area contributed by atoms with Crippen LogP contribution in [-0.2, 0) is 14.2 Å². The molecule has 0 fully saturated rings. The Balaban J connectivity index is 0.000000360. The molecule has 0 bridgehead atoms. The van der Waals surface area contributed by atoms with Crippen molar-refractivity contribution in [2.24, 2.45) is 0 Å². The fraction of sp³-hybridized carbons (Fsp3) is 0.222. The highest BCUT2D eigenvalue weighted by atomic mass is 16.5. The van der Waals surface area contributed by atoms with Crippen LogP contribution in [0.2, 0.25) is 0 Å². The lowest BCUT2D eigenvalue weighted by molar-refractivity contribution is 0.0592. The average Bonchev–Trinajstić information content (AvgIpc) is 2.63. The van der Waals surface area contributed by atoms with Gasteiger partial charge < -0.3 is 14.2 Å². The highest BCUT2D eigenvalue weighted by molar-refractivity contribution is 5.89. The Morgan fingerprint density at radius 1 is 0.609 bits per heavy atom. The predicted octanol–water partition coefficient (Wildman–Crippen LogP) is 3.21. The van der Waals surface area contributed by atoms with Gasteiger partial charge in [-0.15, -0.1) is 0 Å². The van der Waals surface area contributed by atoms with Gasteiger partial charge in [0.2, 0.25) is 0 Å². The number of esters is 2. The molecule has 5 nitrogen and oxygen atoms in total. The summed E-state index contributed by atoms with van der Waals surface area (Å²) in [6.07, 6.45) is 0. The number of carbonyl (C=O) groups is 2. The molecule has 2 aromatic carbocycles. The first-order chi connectivity index (χ1) is 11.1. The minimum atomic E-state index is -0.291. The summed E-state index contributed by atoms with van der Waals surface area (Å²) in [5.41, 5.74) is 1.18. The minimum Gasteiger partial charge on any atom is -0.465 e. The van der Waals surface area contributed by atoms with Crippen LogP contribution in [0.4, 0.5) is 0 Å². The molecule has 0 heterocycles. The van der Waals surface area contributed by atoms with Gasteiger partial charge in [-0.3, -0.25) is 0 Å². The second kappa shape index (κ2) is 13.0. The van der Waals surface area contributed by atoms with Gasteiger partial charge in [0.15, 0.2) is 0 Å². The fourth-order valence-corrected chi connectivity index (χ4v) is 1.38. The van der Waals surface area contributed by atoms with Crippen LogP contribution in [-0.4, -0.2) is 40.4 Å².